The second kappa shape index (κ2) is 5.49. The molecule has 0 amide bonds. The highest BCUT2D eigenvalue weighted by molar-refractivity contribution is 7.92. The van der Waals surface area contributed by atoms with Gasteiger partial charge in [0.15, 0.2) is 15.1 Å². The first-order valence-corrected chi connectivity index (χ1v) is 7.09. The fourth-order valence-corrected chi connectivity index (χ4v) is 3.26. The Kier molecular flexibility index (Phi) is 4.48. The zero-order valence-corrected chi connectivity index (χ0v) is 11.2. The second-order valence-corrected chi connectivity index (χ2v) is 6.33. The number of aliphatic carboxylic acids is 1. The third kappa shape index (κ3) is 2.88. The minimum absolute atomic E-state index is 0.0149. The maximum Gasteiger partial charge on any atom is 0.322 e. The predicted octanol–water partition coefficient (Wildman–Crippen LogP) is 0.879. The number of nitrogens with two attached hydrogens (primary N) is 1. The molecular formula is C12H17NO4S. The highest BCUT2D eigenvalue weighted by atomic mass is 32.2. The number of carbonyl (C=O) groups is 1. The Morgan fingerprint density at radius 2 is 1.94 bits per heavy atom. The summed E-state index contributed by atoms with van der Waals surface area (Å²) in [4.78, 5) is 11.1. The third-order valence-corrected chi connectivity index (χ3v) is 4.98. The summed E-state index contributed by atoms with van der Waals surface area (Å²) >= 11 is 0. The molecule has 0 bridgehead atoms. The van der Waals surface area contributed by atoms with E-state index in [0.29, 0.717) is 0 Å². The first kappa shape index (κ1) is 14.7. The molecular weight excluding hydrogens is 254 g/mol. The van der Waals surface area contributed by atoms with Crippen molar-refractivity contribution in [1.82, 2.24) is 0 Å². The maximum atomic E-state index is 12.2. The zero-order chi connectivity index (χ0) is 13.9. The van der Waals surface area contributed by atoms with Crippen LogP contribution in [0.1, 0.15) is 17.5 Å². The van der Waals surface area contributed by atoms with E-state index < -0.39 is 21.1 Å². The van der Waals surface area contributed by atoms with Gasteiger partial charge in [0.05, 0.1) is 4.90 Å². The van der Waals surface area contributed by atoms with E-state index in [4.69, 9.17) is 10.8 Å². The second-order valence-electron chi connectivity index (χ2n) is 4.20. The van der Waals surface area contributed by atoms with Crippen LogP contribution in [0.2, 0.25) is 0 Å². The molecule has 0 aliphatic heterocycles. The predicted molar refractivity (Wildman–Crippen MR) is 68.2 cm³/mol. The number of hydrogen-bond acceptors (Lipinski definition) is 4. The topological polar surface area (TPSA) is 97.5 Å². The van der Waals surface area contributed by atoms with Gasteiger partial charge in [-0.25, -0.2) is 8.42 Å². The van der Waals surface area contributed by atoms with Gasteiger partial charge in [-0.15, -0.1) is 0 Å². The smallest absolute Gasteiger partial charge is 0.322 e. The number of carboxylic acids is 1. The van der Waals surface area contributed by atoms with Crippen LogP contribution in [0.15, 0.2) is 23.1 Å². The number of carboxylic acid groups (broad SMARTS) is 1. The van der Waals surface area contributed by atoms with Gasteiger partial charge in [0.1, 0.15) is 0 Å². The van der Waals surface area contributed by atoms with Crippen molar-refractivity contribution in [3.63, 3.8) is 0 Å². The average molecular weight is 271 g/mol. The van der Waals surface area contributed by atoms with E-state index in [1.165, 1.54) is 12.1 Å². The van der Waals surface area contributed by atoms with Crippen molar-refractivity contribution < 1.29 is 18.3 Å². The Hall–Kier alpha value is -1.40. The van der Waals surface area contributed by atoms with Crippen LogP contribution >= 0.6 is 0 Å². The fourth-order valence-electron chi connectivity index (χ4n) is 1.62. The van der Waals surface area contributed by atoms with Crippen LogP contribution in [0.3, 0.4) is 0 Å². The van der Waals surface area contributed by atoms with Crippen molar-refractivity contribution in [2.45, 2.75) is 30.4 Å². The van der Waals surface area contributed by atoms with Gasteiger partial charge in [-0.3, -0.25) is 4.79 Å². The molecule has 0 saturated heterocycles. The molecule has 0 saturated carbocycles. The molecule has 1 unspecified atom stereocenters. The van der Waals surface area contributed by atoms with Gasteiger partial charge in [0, 0.05) is 0 Å². The lowest BCUT2D eigenvalue weighted by molar-refractivity contribution is -0.136. The molecule has 0 heterocycles. The van der Waals surface area contributed by atoms with Gasteiger partial charge < -0.3 is 10.8 Å². The van der Waals surface area contributed by atoms with E-state index >= 15 is 0 Å². The van der Waals surface area contributed by atoms with Crippen LogP contribution in [0, 0.1) is 13.8 Å². The lowest BCUT2D eigenvalue weighted by atomic mass is 10.1. The van der Waals surface area contributed by atoms with Gasteiger partial charge in [0.25, 0.3) is 0 Å². The molecule has 0 radical (unpaired) electrons. The Morgan fingerprint density at radius 3 is 2.39 bits per heavy atom. The standard InChI is InChI=1S/C12H17NO4S/c1-8-3-4-10(7-9(8)2)18(16,17)11(5-6-13)12(14)15/h3-4,7,11H,5-6,13H2,1-2H3,(H,14,15). The van der Waals surface area contributed by atoms with Crippen LogP contribution < -0.4 is 5.73 Å². The highest BCUT2D eigenvalue weighted by Gasteiger charge is 2.33. The van der Waals surface area contributed by atoms with E-state index in [1.54, 1.807) is 13.0 Å². The summed E-state index contributed by atoms with van der Waals surface area (Å²) in [6.45, 7) is 3.66. The first-order valence-electron chi connectivity index (χ1n) is 5.54. The van der Waals surface area contributed by atoms with Crippen molar-refractivity contribution in [1.29, 1.82) is 0 Å². The normalized spacial score (nSPS) is 13.3. The van der Waals surface area contributed by atoms with Gasteiger partial charge in [-0.1, -0.05) is 6.07 Å². The summed E-state index contributed by atoms with van der Waals surface area (Å²) in [5, 5.41) is 7.51. The quantitative estimate of drug-likeness (QED) is 0.828. The maximum absolute atomic E-state index is 12.2. The average Bonchev–Trinajstić information content (AvgIpc) is 2.28. The van der Waals surface area contributed by atoms with Crippen LogP contribution in [-0.2, 0) is 14.6 Å². The largest absolute Gasteiger partial charge is 0.480 e. The minimum Gasteiger partial charge on any atom is -0.480 e. The molecule has 0 aliphatic rings. The van der Waals surface area contributed by atoms with Crippen LogP contribution in [0.25, 0.3) is 0 Å². The van der Waals surface area contributed by atoms with Crippen molar-refractivity contribution in [2.24, 2.45) is 5.73 Å². The molecule has 1 aromatic carbocycles. The number of benzene rings is 1. The van der Waals surface area contributed by atoms with Gasteiger partial charge in [-0.05, 0) is 50.1 Å². The monoisotopic (exact) mass is 271 g/mol. The number of aryl methyl sites for hydroxylation is 2. The highest BCUT2D eigenvalue weighted by Crippen LogP contribution is 2.21. The molecule has 1 atom stereocenters. The number of rotatable bonds is 5. The molecule has 0 aliphatic carbocycles. The van der Waals surface area contributed by atoms with E-state index in [-0.39, 0.29) is 17.9 Å². The Morgan fingerprint density at radius 1 is 1.33 bits per heavy atom. The van der Waals surface area contributed by atoms with Gasteiger partial charge in [-0.2, -0.15) is 0 Å². The molecule has 5 nitrogen and oxygen atoms in total. The van der Waals surface area contributed by atoms with E-state index in [0.717, 1.165) is 11.1 Å². The zero-order valence-electron chi connectivity index (χ0n) is 10.4. The van der Waals surface area contributed by atoms with Crippen LogP contribution in [0.5, 0.6) is 0 Å². The summed E-state index contributed by atoms with van der Waals surface area (Å²) in [7, 11) is -3.88. The van der Waals surface area contributed by atoms with Crippen molar-refractivity contribution in [3.05, 3.63) is 29.3 Å². The molecule has 0 aromatic heterocycles. The molecule has 3 N–H and O–H groups in total. The summed E-state index contributed by atoms with van der Waals surface area (Å²) in [6.07, 6.45) is -0.0927. The number of hydrogen-bond donors (Lipinski definition) is 2. The molecule has 100 valence electrons. The lowest BCUT2D eigenvalue weighted by Gasteiger charge is -2.13. The summed E-state index contributed by atoms with van der Waals surface area (Å²) in [6, 6.07) is 4.60. The van der Waals surface area contributed by atoms with Crippen molar-refractivity contribution in [3.8, 4) is 0 Å². The first-order chi connectivity index (χ1) is 8.30. The van der Waals surface area contributed by atoms with Crippen molar-refractivity contribution >= 4 is 15.8 Å². The SMILES string of the molecule is Cc1ccc(S(=O)(=O)C(CCN)C(=O)O)cc1C. The van der Waals surface area contributed by atoms with Gasteiger partial charge >= 0.3 is 5.97 Å². The third-order valence-electron chi connectivity index (χ3n) is 2.89. The molecule has 18 heavy (non-hydrogen) atoms. The van der Waals surface area contributed by atoms with E-state index in [2.05, 4.69) is 0 Å². The minimum atomic E-state index is -3.88. The number of sulfone groups is 1. The summed E-state index contributed by atoms with van der Waals surface area (Å²) in [5.74, 6) is -1.36. The van der Waals surface area contributed by atoms with Crippen LogP contribution in [-0.4, -0.2) is 31.3 Å². The van der Waals surface area contributed by atoms with Crippen LogP contribution in [0.4, 0.5) is 0 Å². The van der Waals surface area contributed by atoms with Crippen molar-refractivity contribution in [2.75, 3.05) is 6.54 Å². The molecule has 0 fully saturated rings. The molecule has 6 heteroatoms. The van der Waals surface area contributed by atoms with E-state index in [9.17, 15) is 13.2 Å². The molecule has 1 aromatic rings. The Bertz CT molecular complexity index is 551. The summed E-state index contributed by atoms with van der Waals surface area (Å²) < 4.78 is 24.4. The lowest BCUT2D eigenvalue weighted by Crippen LogP contribution is -2.32. The Balaban J connectivity index is 3.26. The molecule has 1 rings (SSSR count). The van der Waals surface area contributed by atoms with Gasteiger partial charge in [0.2, 0.25) is 0 Å². The van der Waals surface area contributed by atoms with E-state index in [1.807, 2.05) is 6.92 Å². The fraction of sp³-hybridized carbons (Fsp3) is 0.417. The molecule has 0 spiro atoms. The summed E-state index contributed by atoms with van der Waals surface area (Å²) in [5.41, 5.74) is 7.04. The Labute approximate surface area is 107 Å².